The van der Waals surface area contributed by atoms with E-state index in [9.17, 15) is 19.8 Å². The van der Waals surface area contributed by atoms with Crippen LogP contribution in [0.1, 0.15) is 54.2 Å². The lowest BCUT2D eigenvalue weighted by Gasteiger charge is -2.06. The fourth-order valence-corrected chi connectivity index (χ4v) is 4.17. The fourth-order valence-electron chi connectivity index (χ4n) is 4.17. The molecule has 0 fully saturated rings. The minimum absolute atomic E-state index is 0.0608. The summed E-state index contributed by atoms with van der Waals surface area (Å²) < 4.78 is 1.29. The highest BCUT2D eigenvalue weighted by Crippen LogP contribution is 2.25. The smallest absolute Gasteiger partial charge is 0.299 e. The van der Waals surface area contributed by atoms with E-state index in [0.717, 1.165) is 31.2 Å². The minimum atomic E-state index is -0.469. The molecule has 39 heavy (non-hydrogen) atoms. The number of phenolic OH excluding ortho intramolecular Hbond substituents is 2. The molecule has 3 aromatic carbocycles. The van der Waals surface area contributed by atoms with Crippen molar-refractivity contribution in [1.82, 2.24) is 15.1 Å². The second-order valence-corrected chi connectivity index (χ2v) is 9.31. The molecule has 1 heterocycles. The monoisotopic (exact) mass is 527 g/mol. The number of phenols is 2. The molecule has 0 aliphatic carbocycles. The van der Waals surface area contributed by atoms with E-state index in [-0.39, 0.29) is 22.9 Å². The van der Waals surface area contributed by atoms with Crippen molar-refractivity contribution in [2.45, 2.75) is 45.4 Å². The maximum atomic E-state index is 13.2. The Morgan fingerprint density at radius 3 is 2.44 bits per heavy atom. The van der Waals surface area contributed by atoms with E-state index in [1.807, 2.05) is 18.2 Å². The number of hydrogen-bond donors (Lipinski definition) is 4. The number of aromatic amines is 1. The second-order valence-electron chi connectivity index (χ2n) is 9.31. The van der Waals surface area contributed by atoms with Crippen LogP contribution in [-0.2, 0) is 12.8 Å². The van der Waals surface area contributed by atoms with Crippen LogP contribution in [0.25, 0.3) is 5.69 Å². The maximum Gasteiger partial charge on any atom is 0.299 e. The number of unbranched alkanes of at least 4 members (excludes halogenated alkanes) is 3. The molecular formula is C30H33N5O4. The Labute approximate surface area is 226 Å². The number of hydrogen-bond acceptors (Lipinski definition) is 6. The third kappa shape index (κ3) is 7.22. The van der Waals surface area contributed by atoms with Gasteiger partial charge < -0.3 is 15.5 Å². The molecule has 0 spiro atoms. The fraction of sp³-hybridized carbons (Fsp3) is 0.267. The standard InChI is InChI=1S/C30H33N5O4/c1-2-3-4-8-19-31-29(38)27-28(30(39)35(34-27)24-9-6-5-7-10-24)33-32-23-15-12-21(13-16-23)11-14-22-20-25(36)17-18-26(22)37/h5-7,9-10,12-13,15-18,20,34,36-37H,2-4,8,11,14,19H2,1H3,(H,31,38). The van der Waals surface area contributed by atoms with Gasteiger partial charge in [-0.3, -0.25) is 14.7 Å². The van der Waals surface area contributed by atoms with Crippen molar-refractivity contribution in [1.29, 1.82) is 0 Å². The van der Waals surface area contributed by atoms with Gasteiger partial charge in [0.15, 0.2) is 11.4 Å². The molecule has 9 nitrogen and oxygen atoms in total. The summed E-state index contributed by atoms with van der Waals surface area (Å²) in [6.45, 7) is 2.64. The molecule has 0 aliphatic heterocycles. The largest absolute Gasteiger partial charge is 0.508 e. The number of nitrogens with zero attached hydrogens (tertiary/aromatic N) is 3. The van der Waals surface area contributed by atoms with Gasteiger partial charge in [-0.25, -0.2) is 4.68 Å². The van der Waals surface area contributed by atoms with Gasteiger partial charge in [-0.05, 0) is 72.9 Å². The van der Waals surface area contributed by atoms with Gasteiger partial charge in [0.1, 0.15) is 11.5 Å². The van der Waals surface area contributed by atoms with Crippen molar-refractivity contribution in [2.75, 3.05) is 6.54 Å². The lowest BCUT2D eigenvalue weighted by atomic mass is 10.0. The number of aromatic nitrogens is 2. The molecular weight excluding hydrogens is 494 g/mol. The first kappa shape index (κ1) is 27.4. The average molecular weight is 528 g/mol. The van der Waals surface area contributed by atoms with Crippen LogP contribution in [0, 0.1) is 0 Å². The van der Waals surface area contributed by atoms with Crippen molar-refractivity contribution in [3.8, 4) is 17.2 Å². The van der Waals surface area contributed by atoms with E-state index < -0.39 is 11.5 Å². The molecule has 0 saturated heterocycles. The van der Waals surface area contributed by atoms with Gasteiger partial charge in [0.05, 0.1) is 11.4 Å². The van der Waals surface area contributed by atoms with Gasteiger partial charge in [-0.1, -0.05) is 56.5 Å². The van der Waals surface area contributed by atoms with Crippen LogP contribution in [0.4, 0.5) is 11.4 Å². The first-order chi connectivity index (χ1) is 19.0. The first-order valence-electron chi connectivity index (χ1n) is 13.2. The second kappa shape index (κ2) is 13.2. The molecule has 4 rings (SSSR count). The summed E-state index contributed by atoms with van der Waals surface area (Å²) in [5.41, 5.74) is 2.31. The van der Waals surface area contributed by atoms with E-state index >= 15 is 0 Å². The van der Waals surface area contributed by atoms with Crippen molar-refractivity contribution in [2.24, 2.45) is 10.2 Å². The van der Waals surface area contributed by atoms with E-state index in [2.05, 4.69) is 27.6 Å². The number of carbonyl (C=O) groups excluding carboxylic acids is 1. The highest BCUT2D eigenvalue weighted by molar-refractivity contribution is 5.96. The molecule has 9 heteroatoms. The molecule has 0 radical (unpaired) electrons. The van der Waals surface area contributed by atoms with Crippen LogP contribution in [0.3, 0.4) is 0 Å². The zero-order valence-electron chi connectivity index (χ0n) is 21.9. The highest BCUT2D eigenvalue weighted by atomic mass is 16.3. The number of rotatable bonds is 12. The molecule has 4 N–H and O–H groups in total. The zero-order valence-corrected chi connectivity index (χ0v) is 21.9. The lowest BCUT2D eigenvalue weighted by molar-refractivity contribution is 0.0948. The van der Waals surface area contributed by atoms with Crippen LogP contribution in [0.2, 0.25) is 0 Å². The molecule has 202 valence electrons. The lowest BCUT2D eigenvalue weighted by Crippen LogP contribution is -2.25. The number of H-pyrrole nitrogens is 1. The summed E-state index contributed by atoms with van der Waals surface area (Å²) in [6, 6.07) is 20.8. The van der Waals surface area contributed by atoms with E-state index in [1.165, 1.54) is 16.8 Å². The molecule has 0 unspecified atom stereocenters. The van der Waals surface area contributed by atoms with Crippen LogP contribution in [0.5, 0.6) is 11.5 Å². The summed E-state index contributed by atoms with van der Waals surface area (Å²) in [5, 5.41) is 33.8. The van der Waals surface area contributed by atoms with Gasteiger partial charge in [-0.15, -0.1) is 5.11 Å². The van der Waals surface area contributed by atoms with E-state index in [1.54, 1.807) is 42.5 Å². The van der Waals surface area contributed by atoms with E-state index in [0.29, 0.717) is 36.3 Å². The predicted molar refractivity (Wildman–Crippen MR) is 151 cm³/mol. The molecule has 4 aromatic rings. The number of aryl methyl sites for hydroxylation is 2. The average Bonchev–Trinajstić information content (AvgIpc) is 3.29. The van der Waals surface area contributed by atoms with Gasteiger partial charge in [0.25, 0.3) is 11.5 Å². The Kier molecular flexibility index (Phi) is 9.29. The summed E-state index contributed by atoms with van der Waals surface area (Å²) in [5.74, 6) is -0.149. The Balaban J connectivity index is 1.51. The van der Waals surface area contributed by atoms with Gasteiger partial charge >= 0.3 is 0 Å². The third-order valence-corrected chi connectivity index (χ3v) is 6.37. The predicted octanol–water partition coefficient (Wildman–Crippen LogP) is 6.09. The number of azo groups is 1. The van der Waals surface area contributed by atoms with Crippen molar-refractivity contribution in [3.63, 3.8) is 0 Å². The van der Waals surface area contributed by atoms with Crippen molar-refractivity contribution in [3.05, 3.63) is 100.0 Å². The van der Waals surface area contributed by atoms with Gasteiger partial charge in [-0.2, -0.15) is 5.11 Å². The summed E-state index contributed by atoms with van der Waals surface area (Å²) in [6.07, 6.45) is 5.30. The number of nitrogens with one attached hydrogen (secondary N) is 2. The van der Waals surface area contributed by atoms with Gasteiger partial charge in [0, 0.05) is 6.54 Å². The van der Waals surface area contributed by atoms with Crippen LogP contribution >= 0.6 is 0 Å². The summed E-state index contributed by atoms with van der Waals surface area (Å²) >= 11 is 0. The van der Waals surface area contributed by atoms with Gasteiger partial charge in [0.2, 0.25) is 0 Å². The Morgan fingerprint density at radius 2 is 1.69 bits per heavy atom. The molecule has 0 aliphatic rings. The Hall–Kier alpha value is -4.66. The van der Waals surface area contributed by atoms with Crippen LogP contribution in [0.15, 0.2) is 87.8 Å². The Morgan fingerprint density at radius 1 is 0.923 bits per heavy atom. The molecule has 0 atom stereocenters. The highest BCUT2D eigenvalue weighted by Gasteiger charge is 2.21. The van der Waals surface area contributed by atoms with E-state index in [4.69, 9.17) is 0 Å². The number of para-hydroxylation sites is 1. The summed E-state index contributed by atoms with van der Waals surface area (Å²) in [4.78, 5) is 26.2. The summed E-state index contributed by atoms with van der Waals surface area (Å²) in [7, 11) is 0. The molecule has 1 amide bonds. The number of aromatic hydroxyl groups is 2. The SMILES string of the molecule is CCCCCCNC(=O)c1[nH]n(-c2ccccc2)c(=O)c1N=Nc1ccc(CCc2cc(O)ccc2O)cc1. The van der Waals surface area contributed by atoms with Crippen LogP contribution < -0.4 is 10.9 Å². The molecule has 1 aromatic heterocycles. The number of benzene rings is 3. The zero-order chi connectivity index (χ0) is 27.6. The normalized spacial score (nSPS) is 11.2. The Bertz CT molecular complexity index is 1470. The number of carbonyl (C=O) groups is 1. The van der Waals surface area contributed by atoms with Crippen molar-refractivity contribution < 1.29 is 15.0 Å². The maximum absolute atomic E-state index is 13.2. The first-order valence-corrected chi connectivity index (χ1v) is 13.2. The topological polar surface area (TPSA) is 132 Å². The quantitative estimate of drug-likeness (QED) is 0.101. The molecule has 0 bridgehead atoms. The number of amides is 1. The molecule has 0 saturated carbocycles. The van der Waals surface area contributed by atoms with Crippen molar-refractivity contribution >= 4 is 17.3 Å². The van der Waals surface area contributed by atoms with Crippen LogP contribution in [-0.4, -0.2) is 32.4 Å². The minimum Gasteiger partial charge on any atom is -0.508 e. The third-order valence-electron chi connectivity index (χ3n) is 6.37.